The van der Waals surface area contributed by atoms with E-state index >= 15 is 0 Å². The van der Waals surface area contributed by atoms with E-state index in [1.165, 1.54) is 0 Å². The predicted molar refractivity (Wildman–Crippen MR) is 76.8 cm³/mol. The van der Waals surface area contributed by atoms with E-state index in [1.807, 2.05) is 20.8 Å². The Morgan fingerprint density at radius 2 is 2.21 bits per heavy atom. The summed E-state index contributed by atoms with van der Waals surface area (Å²) in [5.74, 6) is 0.117. The van der Waals surface area contributed by atoms with E-state index in [0.717, 1.165) is 12.1 Å². The normalized spacial score (nSPS) is 10.8. The maximum Gasteiger partial charge on any atom is 0.251 e. The molecule has 0 aliphatic rings. The summed E-state index contributed by atoms with van der Waals surface area (Å²) in [6.07, 6.45) is 0.801. The molecule has 19 heavy (non-hydrogen) atoms. The largest absolute Gasteiger partial charge is 0.382 e. The van der Waals surface area contributed by atoms with Crippen molar-refractivity contribution in [1.82, 2.24) is 10.3 Å². The van der Waals surface area contributed by atoms with Crippen LogP contribution >= 0.6 is 11.6 Å². The van der Waals surface area contributed by atoms with Gasteiger partial charge in [0, 0.05) is 31.0 Å². The van der Waals surface area contributed by atoms with Crippen LogP contribution in [0, 0.1) is 0 Å². The molecule has 106 valence electrons. The first-order valence-electron chi connectivity index (χ1n) is 6.58. The fraction of sp³-hybridized carbons (Fsp3) is 0.571. The first kappa shape index (κ1) is 15.9. The third kappa shape index (κ3) is 5.57. The minimum atomic E-state index is -0.123. The summed E-state index contributed by atoms with van der Waals surface area (Å²) in [6.45, 7) is 7.93. The van der Waals surface area contributed by atoms with Gasteiger partial charge in [0.15, 0.2) is 0 Å². The van der Waals surface area contributed by atoms with Crippen molar-refractivity contribution in [1.29, 1.82) is 0 Å². The van der Waals surface area contributed by atoms with E-state index in [-0.39, 0.29) is 11.8 Å². The molecule has 1 N–H and O–H groups in total. The van der Waals surface area contributed by atoms with E-state index in [1.54, 1.807) is 12.1 Å². The third-order valence-corrected chi connectivity index (χ3v) is 2.82. The van der Waals surface area contributed by atoms with E-state index in [4.69, 9.17) is 16.3 Å². The number of rotatable bonds is 7. The van der Waals surface area contributed by atoms with Crippen LogP contribution in [-0.4, -0.2) is 30.6 Å². The van der Waals surface area contributed by atoms with Gasteiger partial charge in [-0.05, 0) is 31.4 Å². The van der Waals surface area contributed by atoms with Gasteiger partial charge in [0.25, 0.3) is 5.91 Å². The number of hydrogen-bond acceptors (Lipinski definition) is 3. The lowest BCUT2D eigenvalue weighted by atomic mass is 10.1. The van der Waals surface area contributed by atoms with Gasteiger partial charge in [-0.15, -0.1) is 0 Å². The Kier molecular flexibility index (Phi) is 6.81. The molecule has 5 heteroatoms. The molecule has 0 unspecified atom stereocenters. The SMILES string of the molecule is CCOCCCNC(=O)c1cc(Cl)nc(C(C)C)c1. The summed E-state index contributed by atoms with van der Waals surface area (Å²) in [5, 5.41) is 3.20. The van der Waals surface area contributed by atoms with Crippen molar-refractivity contribution < 1.29 is 9.53 Å². The Hall–Kier alpha value is -1.13. The Bertz CT molecular complexity index is 422. The molecule has 0 radical (unpaired) electrons. The quantitative estimate of drug-likeness (QED) is 0.618. The molecule has 1 amide bonds. The molecular weight excluding hydrogens is 264 g/mol. The van der Waals surface area contributed by atoms with Crippen LogP contribution in [0.4, 0.5) is 0 Å². The molecule has 0 saturated carbocycles. The number of ether oxygens (including phenoxy) is 1. The molecule has 1 aromatic heterocycles. The van der Waals surface area contributed by atoms with Crippen LogP contribution in [0.1, 0.15) is 49.2 Å². The van der Waals surface area contributed by atoms with Gasteiger partial charge < -0.3 is 10.1 Å². The number of halogens is 1. The predicted octanol–water partition coefficient (Wildman–Crippen LogP) is 3.01. The van der Waals surface area contributed by atoms with Crippen LogP contribution in [-0.2, 0) is 4.74 Å². The van der Waals surface area contributed by atoms with Gasteiger partial charge >= 0.3 is 0 Å². The first-order chi connectivity index (χ1) is 9.04. The van der Waals surface area contributed by atoms with Gasteiger partial charge in [-0.1, -0.05) is 25.4 Å². The Morgan fingerprint density at radius 1 is 1.47 bits per heavy atom. The number of nitrogens with zero attached hydrogens (tertiary/aromatic N) is 1. The van der Waals surface area contributed by atoms with Crippen LogP contribution in [0.2, 0.25) is 5.15 Å². The molecule has 0 spiro atoms. The number of aromatic nitrogens is 1. The highest BCUT2D eigenvalue weighted by atomic mass is 35.5. The highest BCUT2D eigenvalue weighted by Crippen LogP contribution is 2.17. The fourth-order valence-electron chi connectivity index (χ4n) is 1.57. The average Bonchev–Trinajstić information content (AvgIpc) is 2.37. The molecule has 1 heterocycles. The molecule has 0 atom stereocenters. The van der Waals surface area contributed by atoms with E-state index in [9.17, 15) is 4.79 Å². The molecule has 1 aromatic rings. The zero-order chi connectivity index (χ0) is 14.3. The molecule has 0 saturated heterocycles. The van der Waals surface area contributed by atoms with E-state index in [2.05, 4.69) is 10.3 Å². The minimum Gasteiger partial charge on any atom is -0.382 e. The summed E-state index contributed by atoms with van der Waals surface area (Å²) < 4.78 is 5.21. The van der Waals surface area contributed by atoms with Crippen molar-refractivity contribution in [2.45, 2.75) is 33.1 Å². The van der Waals surface area contributed by atoms with Crippen molar-refractivity contribution in [3.8, 4) is 0 Å². The van der Waals surface area contributed by atoms with Crippen LogP contribution in [0.5, 0.6) is 0 Å². The van der Waals surface area contributed by atoms with Crippen LogP contribution in [0.3, 0.4) is 0 Å². The van der Waals surface area contributed by atoms with Crippen molar-refractivity contribution in [2.24, 2.45) is 0 Å². The van der Waals surface area contributed by atoms with Crippen molar-refractivity contribution in [3.05, 3.63) is 28.5 Å². The van der Waals surface area contributed by atoms with Crippen LogP contribution in [0.15, 0.2) is 12.1 Å². The highest BCUT2D eigenvalue weighted by Gasteiger charge is 2.10. The number of carbonyl (C=O) groups excluding carboxylic acids is 1. The Labute approximate surface area is 119 Å². The lowest BCUT2D eigenvalue weighted by Gasteiger charge is -2.09. The van der Waals surface area contributed by atoms with E-state index < -0.39 is 0 Å². The standard InChI is InChI=1S/C14H21ClN2O2/c1-4-19-7-5-6-16-14(18)11-8-12(10(2)3)17-13(15)9-11/h8-10H,4-7H2,1-3H3,(H,16,18). The molecule has 0 bridgehead atoms. The van der Waals surface area contributed by atoms with Gasteiger partial charge in [0.2, 0.25) is 0 Å². The van der Waals surface area contributed by atoms with Crippen LogP contribution in [0.25, 0.3) is 0 Å². The number of pyridine rings is 1. The molecule has 1 rings (SSSR count). The second-order valence-electron chi connectivity index (χ2n) is 4.56. The first-order valence-corrected chi connectivity index (χ1v) is 6.95. The molecule has 4 nitrogen and oxygen atoms in total. The molecular formula is C14H21ClN2O2. The van der Waals surface area contributed by atoms with Crippen LogP contribution < -0.4 is 5.32 Å². The van der Waals surface area contributed by atoms with Crippen molar-refractivity contribution >= 4 is 17.5 Å². The zero-order valence-corrected chi connectivity index (χ0v) is 12.5. The van der Waals surface area contributed by atoms with Gasteiger partial charge in [-0.3, -0.25) is 4.79 Å². The van der Waals surface area contributed by atoms with Gasteiger partial charge in [-0.25, -0.2) is 4.98 Å². The molecule has 0 aromatic carbocycles. The Morgan fingerprint density at radius 3 is 2.84 bits per heavy atom. The number of carbonyl (C=O) groups is 1. The lowest BCUT2D eigenvalue weighted by molar-refractivity contribution is 0.0944. The maximum absolute atomic E-state index is 12.0. The van der Waals surface area contributed by atoms with Gasteiger partial charge in [-0.2, -0.15) is 0 Å². The lowest BCUT2D eigenvalue weighted by Crippen LogP contribution is -2.25. The third-order valence-electron chi connectivity index (χ3n) is 2.62. The minimum absolute atomic E-state index is 0.123. The zero-order valence-electron chi connectivity index (χ0n) is 11.7. The second kappa shape index (κ2) is 8.12. The fourth-order valence-corrected chi connectivity index (χ4v) is 1.78. The summed E-state index contributed by atoms with van der Waals surface area (Å²) in [7, 11) is 0. The van der Waals surface area contributed by atoms with E-state index in [0.29, 0.717) is 30.5 Å². The average molecular weight is 285 g/mol. The maximum atomic E-state index is 12.0. The van der Waals surface area contributed by atoms with Gasteiger partial charge in [0.1, 0.15) is 5.15 Å². The topological polar surface area (TPSA) is 51.2 Å². The second-order valence-corrected chi connectivity index (χ2v) is 4.95. The summed E-state index contributed by atoms with van der Waals surface area (Å²) in [4.78, 5) is 16.2. The Balaban J connectivity index is 2.56. The number of amides is 1. The summed E-state index contributed by atoms with van der Waals surface area (Å²) >= 11 is 5.93. The highest BCUT2D eigenvalue weighted by molar-refractivity contribution is 6.29. The monoisotopic (exact) mass is 284 g/mol. The van der Waals surface area contributed by atoms with Gasteiger partial charge in [0.05, 0.1) is 0 Å². The van der Waals surface area contributed by atoms with Crippen molar-refractivity contribution in [3.63, 3.8) is 0 Å². The summed E-state index contributed by atoms with van der Waals surface area (Å²) in [5.41, 5.74) is 1.38. The number of hydrogen-bond donors (Lipinski definition) is 1. The molecule has 0 fully saturated rings. The number of nitrogens with one attached hydrogen (secondary N) is 1. The van der Waals surface area contributed by atoms with Crippen molar-refractivity contribution in [2.75, 3.05) is 19.8 Å². The summed E-state index contributed by atoms with van der Waals surface area (Å²) in [6, 6.07) is 3.37. The smallest absolute Gasteiger partial charge is 0.251 e. The molecule has 0 aliphatic carbocycles. The molecule has 0 aliphatic heterocycles.